The maximum Gasteiger partial charge on any atom is 0.469 e. The van der Waals surface area contributed by atoms with Gasteiger partial charge in [-0.05, 0) is 0 Å². The summed E-state index contributed by atoms with van der Waals surface area (Å²) in [5.41, 5.74) is 0. The molecule has 2 N–H and O–H groups in total. The fourth-order valence-corrected chi connectivity index (χ4v) is 0. The van der Waals surface area contributed by atoms with Crippen LogP contribution in [0.15, 0.2) is 0 Å². The monoisotopic (exact) mass is 152 g/mol. The smallest absolute Gasteiger partial charge is 0.303 e. The van der Waals surface area contributed by atoms with Crippen molar-refractivity contribution in [1.29, 1.82) is 0 Å². The van der Waals surface area contributed by atoms with Gasteiger partial charge in [0.15, 0.2) is 0 Å². The number of hydrogen-bond donors (Lipinski definition) is 2. The van der Waals surface area contributed by atoms with E-state index in [2.05, 4.69) is 4.52 Å². The van der Waals surface area contributed by atoms with Crippen LogP contribution in [0.4, 0.5) is 0 Å². The quantitative estimate of drug-likeness (QED) is 0.387. The van der Waals surface area contributed by atoms with Gasteiger partial charge in [-0.2, -0.15) is 0 Å². The van der Waals surface area contributed by atoms with Gasteiger partial charge in [0.1, 0.15) is 0 Å². The number of hydrogen-bond acceptors (Lipinski definition) is 2. The van der Waals surface area contributed by atoms with Crippen LogP contribution < -0.4 is 0 Å². The van der Waals surface area contributed by atoms with Gasteiger partial charge in [0, 0.05) is 44.8 Å². The molecule has 0 aromatic heterocycles. The Hall–Kier alpha value is 1.37. The van der Waals surface area contributed by atoms with Gasteiger partial charge < -0.3 is 9.79 Å². The molecule has 0 fully saturated rings. The molecule has 0 aliphatic heterocycles. The Kier molecular flexibility index (Phi) is 6.83. The van der Waals surface area contributed by atoms with Gasteiger partial charge in [-0.3, -0.25) is 4.52 Å². The van der Waals surface area contributed by atoms with Crippen molar-refractivity contribution in [2.75, 3.05) is 7.11 Å². The Balaban J connectivity index is 0. The van der Waals surface area contributed by atoms with E-state index in [0.717, 1.165) is 7.11 Å². The molecule has 40 valence electrons. The average molecular weight is 152 g/mol. The van der Waals surface area contributed by atoms with Gasteiger partial charge in [-0.15, -0.1) is 0 Å². The van der Waals surface area contributed by atoms with Crippen molar-refractivity contribution in [2.45, 2.75) is 0 Å². The van der Waals surface area contributed by atoms with Crippen LogP contribution in [-0.4, -0.2) is 54.6 Å². The molecule has 0 heterocycles. The third-order valence-corrected chi connectivity index (χ3v) is 0.714. The van der Waals surface area contributed by atoms with Crippen molar-refractivity contribution in [1.82, 2.24) is 0 Å². The summed E-state index contributed by atoms with van der Waals surface area (Å²) in [5.74, 6) is 0. The van der Waals surface area contributed by atoms with Crippen molar-refractivity contribution in [3.63, 3.8) is 0 Å². The molecule has 0 spiro atoms. The summed E-state index contributed by atoms with van der Waals surface area (Å²) < 4.78 is 13.1. The molecular formula is CH5CaO4P. The minimum absolute atomic E-state index is 0. The van der Waals surface area contributed by atoms with E-state index in [0.29, 0.717) is 0 Å². The number of rotatable bonds is 1. The van der Waals surface area contributed by atoms with Crippen LogP contribution in [0.25, 0.3) is 0 Å². The molecule has 0 aromatic rings. The standard InChI is InChI=1S/CH5O4P.Ca/c1-5-6(2,3)4;/h1H3,(H2,2,3,4);. The van der Waals surface area contributed by atoms with Crippen LogP contribution in [0.3, 0.4) is 0 Å². The molecule has 0 aliphatic rings. The van der Waals surface area contributed by atoms with Crippen LogP contribution in [-0.2, 0) is 9.09 Å². The Morgan fingerprint density at radius 2 is 1.71 bits per heavy atom. The van der Waals surface area contributed by atoms with Crippen LogP contribution in [0, 0.1) is 0 Å². The summed E-state index contributed by atoms with van der Waals surface area (Å²) in [6, 6.07) is 0. The topological polar surface area (TPSA) is 66.8 Å². The second kappa shape index (κ2) is 4.27. The van der Waals surface area contributed by atoms with Gasteiger partial charge >= 0.3 is 7.82 Å². The van der Waals surface area contributed by atoms with Crippen molar-refractivity contribution < 1.29 is 18.9 Å². The Labute approximate surface area is 71.1 Å². The average Bonchev–Trinajstić information content (AvgIpc) is 1.35. The zero-order chi connectivity index (χ0) is 5.21. The predicted molar refractivity (Wildman–Crippen MR) is 24.8 cm³/mol. The maximum atomic E-state index is 9.47. The fourth-order valence-electron chi connectivity index (χ4n) is 0. The normalized spacial score (nSPS) is 10.1. The molecule has 0 saturated heterocycles. The van der Waals surface area contributed by atoms with E-state index in [4.69, 9.17) is 9.79 Å². The first-order valence-electron chi connectivity index (χ1n) is 1.17. The minimum Gasteiger partial charge on any atom is -0.303 e. The molecule has 0 atom stereocenters. The second-order valence-corrected chi connectivity index (χ2v) is 2.02. The molecule has 0 aromatic carbocycles. The van der Waals surface area contributed by atoms with E-state index in [1.54, 1.807) is 0 Å². The molecule has 0 unspecified atom stereocenters. The summed E-state index contributed by atoms with van der Waals surface area (Å²) in [5, 5.41) is 0. The largest absolute Gasteiger partial charge is 0.469 e. The third-order valence-electron chi connectivity index (χ3n) is 0.238. The Bertz CT molecular complexity index is 75.8. The number of phosphoric ester groups is 1. The van der Waals surface area contributed by atoms with Crippen LogP contribution in [0.1, 0.15) is 0 Å². The van der Waals surface area contributed by atoms with Gasteiger partial charge in [0.25, 0.3) is 0 Å². The van der Waals surface area contributed by atoms with Crippen molar-refractivity contribution in [2.24, 2.45) is 0 Å². The fraction of sp³-hybridized carbons (Fsp3) is 1.00. The van der Waals surface area contributed by atoms with E-state index in [1.807, 2.05) is 0 Å². The first-order chi connectivity index (χ1) is 2.56. The van der Waals surface area contributed by atoms with Gasteiger partial charge in [0.2, 0.25) is 0 Å². The maximum absolute atomic E-state index is 9.47. The summed E-state index contributed by atoms with van der Waals surface area (Å²) in [4.78, 5) is 15.4. The molecular weight excluding hydrogens is 147 g/mol. The van der Waals surface area contributed by atoms with Crippen molar-refractivity contribution in [3.05, 3.63) is 0 Å². The molecule has 0 rings (SSSR count). The van der Waals surface area contributed by atoms with E-state index in [1.165, 1.54) is 0 Å². The van der Waals surface area contributed by atoms with Crippen molar-refractivity contribution >= 4 is 45.6 Å². The van der Waals surface area contributed by atoms with Crippen LogP contribution in [0.2, 0.25) is 0 Å². The van der Waals surface area contributed by atoms with Gasteiger partial charge in [-0.25, -0.2) is 4.57 Å². The van der Waals surface area contributed by atoms with E-state index < -0.39 is 7.82 Å². The first kappa shape index (κ1) is 11.2. The van der Waals surface area contributed by atoms with E-state index in [-0.39, 0.29) is 37.7 Å². The predicted octanol–water partition coefficient (Wildman–Crippen LogP) is -0.655. The molecule has 7 heavy (non-hydrogen) atoms. The third kappa shape index (κ3) is 11.1. The first-order valence-corrected chi connectivity index (χ1v) is 2.70. The Morgan fingerprint density at radius 1 is 1.57 bits per heavy atom. The molecule has 6 heteroatoms. The van der Waals surface area contributed by atoms with Gasteiger partial charge in [-0.1, -0.05) is 0 Å². The van der Waals surface area contributed by atoms with Crippen LogP contribution in [0.5, 0.6) is 0 Å². The Morgan fingerprint density at radius 3 is 1.71 bits per heavy atom. The molecule has 4 nitrogen and oxygen atoms in total. The molecule has 0 aliphatic carbocycles. The molecule has 2 radical (unpaired) electrons. The summed E-state index contributed by atoms with van der Waals surface area (Å²) in [6.07, 6.45) is 0. The zero-order valence-corrected chi connectivity index (χ0v) is 6.97. The van der Waals surface area contributed by atoms with E-state index in [9.17, 15) is 4.57 Å². The molecule has 0 saturated carbocycles. The van der Waals surface area contributed by atoms with Gasteiger partial charge in [0.05, 0.1) is 0 Å². The SMILES string of the molecule is COP(=O)(O)O.[Ca]. The summed E-state index contributed by atoms with van der Waals surface area (Å²) >= 11 is 0. The van der Waals surface area contributed by atoms with Crippen LogP contribution >= 0.6 is 7.82 Å². The molecule has 0 bridgehead atoms. The summed E-state index contributed by atoms with van der Waals surface area (Å²) in [7, 11) is -3.20. The van der Waals surface area contributed by atoms with Crippen molar-refractivity contribution in [3.8, 4) is 0 Å². The number of phosphoric acid groups is 1. The minimum atomic E-state index is -4.15. The van der Waals surface area contributed by atoms with E-state index >= 15 is 0 Å². The second-order valence-electron chi connectivity index (χ2n) is 0.673. The zero-order valence-electron chi connectivity index (χ0n) is 3.87. The molecule has 0 amide bonds. The summed E-state index contributed by atoms with van der Waals surface area (Å²) in [6.45, 7) is 0.